The number of rotatable bonds is 7. The number of carbonyl (C=O) groups excluding carboxylic acids is 2. The molecule has 0 spiro atoms. The van der Waals surface area contributed by atoms with Crippen LogP contribution < -0.4 is 14.8 Å². The summed E-state index contributed by atoms with van der Waals surface area (Å²) < 4.78 is 10.6. The molecule has 1 aliphatic heterocycles. The lowest BCUT2D eigenvalue weighted by Gasteiger charge is -2.38. The fraction of sp³-hybridized carbons (Fsp3) is 0.440. The van der Waals surface area contributed by atoms with Crippen molar-refractivity contribution in [1.82, 2.24) is 10.2 Å². The third kappa shape index (κ3) is 5.78. The van der Waals surface area contributed by atoms with E-state index in [9.17, 15) is 9.59 Å². The number of aryl methyl sites for hydroxylation is 1. The van der Waals surface area contributed by atoms with Crippen LogP contribution >= 0.6 is 0 Å². The number of likely N-dealkylation sites (tertiary alicyclic amines) is 1. The molecule has 0 radical (unpaired) electrons. The predicted molar refractivity (Wildman–Crippen MR) is 120 cm³/mol. The Morgan fingerprint density at radius 1 is 0.968 bits per heavy atom. The number of methoxy groups -OCH3 is 2. The molecular weight excluding hydrogens is 392 g/mol. The van der Waals surface area contributed by atoms with Gasteiger partial charge in [0.05, 0.1) is 20.6 Å². The maximum Gasteiger partial charge on any atom is 0.226 e. The molecule has 1 saturated heterocycles. The molecule has 2 aromatic rings. The van der Waals surface area contributed by atoms with Crippen molar-refractivity contribution in [3.8, 4) is 11.5 Å². The van der Waals surface area contributed by atoms with Crippen molar-refractivity contribution in [2.24, 2.45) is 5.41 Å². The largest absolute Gasteiger partial charge is 0.497 e. The van der Waals surface area contributed by atoms with Gasteiger partial charge in [0, 0.05) is 31.1 Å². The topological polar surface area (TPSA) is 67.9 Å². The highest BCUT2D eigenvalue weighted by molar-refractivity contribution is 5.83. The quantitative estimate of drug-likeness (QED) is 0.739. The van der Waals surface area contributed by atoms with Gasteiger partial charge in [-0.1, -0.05) is 36.8 Å². The van der Waals surface area contributed by atoms with Crippen LogP contribution in [0, 0.1) is 12.3 Å². The highest BCUT2D eigenvalue weighted by Gasteiger charge is 2.37. The van der Waals surface area contributed by atoms with E-state index in [2.05, 4.69) is 5.32 Å². The van der Waals surface area contributed by atoms with Crippen LogP contribution in [0.25, 0.3) is 0 Å². The molecule has 31 heavy (non-hydrogen) atoms. The van der Waals surface area contributed by atoms with Crippen molar-refractivity contribution in [3.05, 3.63) is 59.2 Å². The van der Waals surface area contributed by atoms with Gasteiger partial charge in [-0.05, 0) is 43.0 Å². The summed E-state index contributed by atoms with van der Waals surface area (Å²) in [5.74, 6) is 1.51. The number of piperidine rings is 1. The molecule has 2 aromatic carbocycles. The van der Waals surface area contributed by atoms with Crippen LogP contribution in [0.1, 0.15) is 36.5 Å². The first-order valence-corrected chi connectivity index (χ1v) is 10.7. The smallest absolute Gasteiger partial charge is 0.226 e. The Balaban J connectivity index is 1.53. The van der Waals surface area contributed by atoms with Gasteiger partial charge in [0.25, 0.3) is 0 Å². The second-order valence-electron chi connectivity index (χ2n) is 8.51. The van der Waals surface area contributed by atoms with Crippen molar-refractivity contribution in [1.29, 1.82) is 0 Å². The highest BCUT2D eigenvalue weighted by Crippen LogP contribution is 2.32. The number of benzene rings is 2. The fourth-order valence-electron chi connectivity index (χ4n) is 3.83. The molecule has 0 aliphatic carbocycles. The van der Waals surface area contributed by atoms with Gasteiger partial charge in [-0.3, -0.25) is 9.59 Å². The van der Waals surface area contributed by atoms with Crippen molar-refractivity contribution in [2.75, 3.05) is 27.3 Å². The lowest BCUT2D eigenvalue weighted by atomic mass is 9.79. The van der Waals surface area contributed by atoms with E-state index in [1.54, 1.807) is 20.3 Å². The summed E-state index contributed by atoms with van der Waals surface area (Å²) in [7, 11) is 3.21. The van der Waals surface area contributed by atoms with E-state index >= 15 is 0 Å². The summed E-state index contributed by atoms with van der Waals surface area (Å²) in [5.41, 5.74) is 2.64. The highest BCUT2D eigenvalue weighted by atomic mass is 16.5. The molecule has 6 heteroatoms. The van der Waals surface area contributed by atoms with Gasteiger partial charge in [0.15, 0.2) is 0 Å². The normalized spacial score (nSPS) is 15.3. The third-order valence-electron chi connectivity index (χ3n) is 6.11. The Labute approximate surface area is 184 Å². The molecule has 0 aromatic heterocycles. The molecule has 0 bridgehead atoms. The van der Waals surface area contributed by atoms with Gasteiger partial charge in [-0.2, -0.15) is 0 Å². The lowest BCUT2D eigenvalue weighted by Crippen LogP contribution is -2.49. The maximum atomic E-state index is 12.9. The zero-order chi connectivity index (χ0) is 22.4. The lowest BCUT2D eigenvalue weighted by molar-refractivity contribution is -0.139. The molecular formula is C25H32N2O4. The molecule has 1 heterocycles. The summed E-state index contributed by atoms with van der Waals surface area (Å²) in [5, 5.41) is 3.05. The van der Waals surface area contributed by atoms with Gasteiger partial charge in [0.1, 0.15) is 11.5 Å². The predicted octanol–water partition coefficient (Wildman–Crippen LogP) is 3.50. The number of carbonyl (C=O) groups is 2. The van der Waals surface area contributed by atoms with E-state index in [1.807, 2.05) is 55.1 Å². The average molecular weight is 425 g/mol. The van der Waals surface area contributed by atoms with Crippen molar-refractivity contribution >= 4 is 11.8 Å². The fourth-order valence-corrected chi connectivity index (χ4v) is 3.83. The summed E-state index contributed by atoms with van der Waals surface area (Å²) >= 11 is 0. The van der Waals surface area contributed by atoms with E-state index in [0.717, 1.165) is 11.1 Å². The maximum absolute atomic E-state index is 12.9. The van der Waals surface area contributed by atoms with Crippen LogP contribution in [0.4, 0.5) is 0 Å². The van der Waals surface area contributed by atoms with Crippen molar-refractivity contribution in [3.63, 3.8) is 0 Å². The van der Waals surface area contributed by atoms with Gasteiger partial charge >= 0.3 is 0 Å². The second kappa shape index (κ2) is 9.86. The van der Waals surface area contributed by atoms with E-state index < -0.39 is 5.41 Å². The molecule has 1 N–H and O–H groups in total. The van der Waals surface area contributed by atoms with Gasteiger partial charge in [-0.15, -0.1) is 0 Å². The second-order valence-corrected chi connectivity index (χ2v) is 8.51. The van der Waals surface area contributed by atoms with Crippen LogP contribution in [0.15, 0.2) is 42.5 Å². The molecule has 0 saturated carbocycles. The summed E-state index contributed by atoms with van der Waals surface area (Å²) in [6, 6.07) is 13.6. The summed E-state index contributed by atoms with van der Waals surface area (Å²) in [6.45, 7) is 5.62. The Bertz CT molecular complexity index is 893. The average Bonchev–Trinajstić information content (AvgIpc) is 2.79. The van der Waals surface area contributed by atoms with Gasteiger partial charge in [-0.25, -0.2) is 0 Å². The first-order chi connectivity index (χ1) is 14.8. The molecule has 2 amide bonds. The Morgan fingerprint density at radius 2 is 1.55 bits per heavy atom. The molecule has 1 fully saturated rings. The van der Waals surface area contributed by atoms with Crippen LogP contribution in [-0.4, -0.2) is 44.0 Å². The number of ether oxygens (including phenoxy) is 2. The van der Waals surface area contributed by atoms with Crippen LogP contribution in [0.2, 0.25) is 0 Å². The number of nitrogens with one attached hydrogen (secondary N) is 1. The zero-order valence-corrected chi connectivity index (χ0v) is 18.9. The first-order valence-electron chi connectivity index (χ1n) is 10.7. The third-order valence-corrected chi connectivity index (χ3v) is 6.11. The van der Waals surface area contributed by atoms with Crippen molar-refractivity contribution in [2.45, 2.75) is 39.7 Å². The number of amides is 2. The minimum absolute atomic E-state index is 0.0138. The van der Waals surface area contributed by atoms with Crippen LogP contribution in [0.3, 0.4) is 0 Å². The molecule has 3 rings (SSSR count). The van der Waals surface area contributed by atoms with E-state index in [0.29, 0.717) is 50.4 Å². The number of hydrogen-bond acceptors (Lipinski definition) is 4. The Kier molecular flexibility index (Phi) is 7.21. The SMILES string of the molecule is COc1cc(CNC(=O)C2(C)CCN(C(=O)Cc3ccc(C)cc3)CC2)cc(OC)c1. The van der Waals surface area contributed by atoms with E-state index in [4.69, 9.17) is 9.47 Å². The zero-order valence-electron chi connectivity index (χ0n) is 18.9. The van der Waals surface area contributed by atoms with Crippen LogP contribution in [-0.2, 0) is 22.6 Å². The van der Waals surface area contributed by atoms with Gasteiger partial charge in [0.2, 0.25) is 11.8 Å². The van der Waals surface area contributed by atoms with E-state index in [1.165, 1.54) is 5.56 Å². The number of nitrogens with zero attached hydrogens (tertiary/aromatic N) is 1. The summed E-state index contributed by atoms with van der Waals surface area (Å²) in [4.78, 5) is 27.5. The standard InChI is InChI=1S/C25H32N2O4/c1-18-5-7-19(8-6-18)15-23(28)27-11-9-25(2,10-12-27)24(29)26-17-20-13-21(30-3)16-22(14-20)31-4/h5-8,13-14,16H,9-12,15,17H2,1-4H3,(H,26,29). The molecule has 1 aliphatic rings. The Hall–Kier alpha value is -3.02. The molecule has 6 nitrogen and oxygen atoms in total. The Morgan fingerprint density at radius 3 is 2.10 bits per heavy atom. The molecule has 0 unspecified atom stereocenters. The molecule has 0 atom stereocenters. The van der Waals surface area contributed by atoms with Crippen LogP contribution in [0.5, 0.6) is 11.5 Å². The minimum Gasteiger partial charge on any atom is -0.497 e. The van der Waals surface area contributed by atoms with E-state index in [-0.39, 0.29) is 11.8 Å². The van der Waals surface area contributed by atoms with Gasteiger partial charge < -0.3 is 19.7 Å². The minimum atomic E-state index is -0.483. The monoisotopic (exact) mass is 424 g/mol. The molecule has 166 valence electrons. The number of hydrogen-bond donors (Lipinski definition) is 1. The first kappa shape index (κ1) is 22.7. The van der Waals surface area contributed by atoms with Crippen molar-refractivity contribution < 1.29 is 19.1 Å². The summed E-state index contributed by atoms with van der Waals surface area (Å²) in [6.07, 6.45) is 1.71.